The first-order valence-corrected chi connectivity index (χ1v) is 10.7. The molecule has 31 heavy (non-hydrogen) atoms. The number of carbonyl (C=O) groups excluding carboxylic acids is 5. The molecule has 0 radical (unpaired) electrons. The summed E-state index contributed by atoms with van der Waals surface area (Å²) in [6.07, 6.45) is 1.16. The van der Waals surface area contributed by atoms with E-state index in [9.17, 15) is 28.8 Å². The zero-order valence-electron chi connectivity index (χ0n) is 17.4. The molecule has 0 aliphatic rings. The lowest BCUT2D eigenvalue weighted by Crippen LogP contribution is -2.57. The number of nitrogens with one attached hydrogen (secondary N) is 3. The molecule has 14 heteroatoms. The minimum Gasteiger partial charge on any atom is -0.480 e. The molecule has 0 aromatic rings. The van der Waals surface area contributed by atoms with Crippen LogP contribution in [-0.2, 0) is 28.8 Å². The van der Waals surface area contributed by atoms with Gasteiger partial charge < -0.3 is 38.3 Å². The maximum absolute atomic E-state index is 12.5. The molecule has 0 saturated heterocycles. The Bertz CT molecular complexity index is 690. The number of rotatable bonds is 15. The van der Waals surface area contributed by atoms with E-state index in [1.54, 1.807) is 0 Å². The van der Waals surface area contributed by atoms with Gasteiger partial charge in [-0.3, -0.25) is 24.0 Å². The second-order valence-electron chi connectivity index (χ2n) is 6.75. The highest BCUT2D eigenvalue weighted by Gasteiger charge is 2.29. The van der Waals surface area contributed by atoms with Crippen molar-refractivity contribution in [2.75, 3.05) is 12.0 Å². The first-order valence-electron chi connectivity index (χ1n) is 9.34. The van der Waals surface area contributed by atoms with E-state index in [4.69, 9.17) is 22.3 Å². The number of aliphatic carboxylic acids is 1. The van der Waals surface area contributed by atoms with Gasteiger partial charge in [0.05, 0.1) is 12.5 Å². The number of primary amides is 2. The number of nitrogens with two attached hydrogens (primary N) is 3. The zero-order chi connectivity index (χ0) is 24.1. The molecule has 0 bridgehead atoms. The maximum atomic E-state index is 12.5. The third-order valence-electron chi connectivity index (χ3n) is 4.05. The van der Waals surface area contributed by atoms with E-state index in [0.29, 0.717) is 12.2 Å². The molecule has 0 aromatic carbocycles. The van der Waals surface area contributed by atoms with Gasteiger partial charge in [0, 0.05) is 6.42 Å². The number of carbonyl (C=O) groups is 6. The highest BCUT2D eigenvalue weighted by atomic mass is 32.2. The van der Waals surface area contributed by atoms with Crippen molar-refractivity contribution >= 4 is 47.3 Å². The molecular weight excluding hydrogens is 432 g/mol. The Hall–Kier alpha value is -2.87. The Labute approximate surface area is 183 Å². The third kappa shape index (κ3) is 11.8. The molecular formula is C17H30N6O7S. The van der Waals surface area contributed by atoms with Crippen molar-refractivity contribution in [1.82, 2.24) is 16.0 Å². The van der Waals surface area contributed by atoms with Crippen LogP contribution in [0.15, 0.2) is 0 Å². The largest absolute Gasteiger partial charge is 0.480 e. The van der Waals surface area contributed by atoms with Crippen LogP contribution in [0.25, 0.3) is 0 Å². The molecule has 0 aliphatic carbocycles. The molecule has 13 nitrogen and oxygen atoms in total. The van der Waals surface area contributed by atoms with Gasteiger partial charge in [-0.05, 0) is 31.8 Å². The SMILES string of the molecule is CSCCC(N)C(=O)NC(CC(N)=O)C(=O)NC(C)C(=O)NC(CCC(N)=O)C(=O)O. The van der Waals surface area contributed by atoms with Crippen LogP contribution < -0.4 is 33.2 Å². The number of carboxylic acid groups (broad SMARTS) is 1. The zero-order valence-corrected chi connectivity index (χ0v) is 18.2. The molecule has 0 fully saturated rings. The van der Waals surface area contributed by atoms with Crippen molar-refractivity contribution in [3.63, 3.8) is 0 Å². The summed E-state index contributed by atoms with van der Waals surface area (Å²) < 4.78 is 0. The van der Waals surface area contributed by atoms with E-state index in [2.05, 4.69) is 16.0 Å². The van der Waals surface area contributed by atoms with E-state index in [1.165, 1.54) is 18.7 Å². The lowest BCUT2D eigenvalue weighted by molar-refractivity contribution is -0.142. The van der Waals surface area contributed by atoms with Crippen LogP contribution in [0, 0.1) is 0 Å². The van der Waals surface area contributed by atoms with Gasteiger partial charge in [0.25, 0.3) is 0 Å². The maximum Gasteiger partial charge on any atom is 0.326 e. The monoisotopic (exact) mass is 462 g/mol. The summed E-state index contributed by atoms with van der Waals surface area (Å²) in [7, 11) is 0. The van der Waals surface area contributed by atoms with E-state index in [1.807, 2.05) is 6.26 Å². The summed E-state index contributed by atoms with van der Waals surface area (Å²) in [5.74, 6) is -4.77. The van der Waals surface area contributed by atoms with Crippen LogP contribution in [0.3, 0.4) is 0 Å². The summed E-state index contributed by atoms with van der Waals surface area (Å²) in [4.78, 5) is 70.2. The van der Waals surface area contributed by atoms with Gasteiger partial charge in [0.1, 0.15) is 18.1 Å². The van der Waals surface area contributed by atoms with Crippen LogP contribution in [0.5, 0.6) is 0 Å². The summed E-state index contributed by atoms with van der Waals surface area (Å²) in [5, 5.41) is 15.9. The van der Waals surface area contributed by atoms with E-state index in [0.717, 1.165) is 0 Å². The van der Waals surface area contributed by atoms with Crippen molar-refractivity contribution < 1.29 is 33.9 Å². The van der Waals surface area contributed by atoms with Crippen molar-refractivity contribution in [3.8, 4) is 0 Å². The van der Waals surface area contributed by atoms with Crippen LogP contribution in [0.4, 0.5) is 0 Å². The Morgan fingerprint density at radius 3 is 1.94 bits per heavy atom. The second-order valence-corrected chi connectivity index (χ2v) is 7.74. The molecule has 0 saturated carbocycles. The number of thioether (sulfide) groups is 1. The quantitative estimate of drug-likeness (QED) is 0.129. The van der Waals surface area contributed by atoms with Crippen LogP contribution in [0.2, 0.25) is 0 Å². The second kappa shape index (κ2) is 14.2. The number of carboxylic acids is 1. The first kappa shape index (κ1) is 28.1. The smallest absolute Gasteiger partial charge is 0.326 e. The minimum atomic E-state index is -1.39. The van der Waals surface area contributed by atoms with Gasteiger partial charge in [-0.25, -0.2) is 4.79 Å². The fourth-order valence-electron chi connectivity index (χ4n) is 2.29. The van der Waals surface area contributed by atoms with Gasteiger partial charge in [0.15, 0.2) is 0 Å². The average Bonchev–Trinajstić information content (AvgIpc) is 2.67. The molecule has 10 N–H and O–H groups in total. The van der Waals surface area contributed by atoms with Crippen LogP contribution in [-0.4, -0.2) is 76.8 Å². The Balaban J connectivity index is 5.03. The van der Waals surface area contributed by atoms with Crippen molar-refractivity contribution in [2.24, 2.45) is 17.2 Å². The standard InChI is InChI=1S/C17H30N6O7S/c1-8(14(26)22-10(17(29)30)3-4-12(19)24)21-16(28)11(7-13(20)25)23-15(27)9(18)5-6-31-2/h8-11H,3-7,18H2,1-2H3,(H2,19,24)(H2,20,25)(H,21,28)(H,22,26)(H,23,27)(H,29,30). The normalized spacial score (nSPS) is 14.4. The highest BCUT2D eigenvalue weighted by molar-refractivity contribution is 7.98. The summed E-state index contributed by atoms with van der Waals surface area (Å²) >= 11 is 1.48. The van der Waals surface area contributed by atoms with Gasteiger partial charge in [0.2, 0.25) is 29.5 Å². The summed E-state index contributed by atoms with van der Waals surface area (Å²) in [6, 6.07) is -4.89. The topological polar surface area (TPSA) is 237 Å². The fraction of sp³-hybridized carbons (Fsp3) is 0.647. The Kier molecular flexibility index (Phi) is 12.9. The van der Waals surface area contributed by atoms with Crippen LogP contribution >= 0.6 is 11.8 Å². The molecule has 0 aromatic heterocycles. The van der Waals surface area contributed by atoms with Gasteiger partial charge >= 0.3 is 5.97 Å². The number of hydrogen-bond donors (Lipinski definition) is 7. The molecule has 0 spiro atoms. The third-order valence-corrected chi connectivity index (χ3v) is 4.70. The van der Waals surface area contributed by atoms with Gasteiger partial charge in [-0.15, -0.1) is 0 Å². The summed E-state index contributed by atoms with van der Waals surface area (Å²) in [5.41, 5.74) is 15.8. The fourth-order valence-corrected chi connectivity index (χ4v) is 2.77. The van der Waals surface area contributed by atoms with Crippen molar-refractivity contribution in [2.45, 2.75) is 56.8 Å². The summed E-state index contributed by atoms with van der Waals surface area (Å²) in [6.45, 7) is 1.27. The lowest BCUT2D eigenvalue weighted by atomic mass is 10.1. The molecule has 0 rings (SSSR count). The van der Waals surface area contributed by atoms with Crippen molar-refractivity contribution in [3.05, 3.63) is 0 Å². The first-order chi connectivity index (χ1) is 14.4. The minimum absolute atomic E-state index is 0.231. The molecule has 4 unspecified atom stereocenters. The number of hydrogen-bond acceptors (Lipinski definition) is 8. The molecule has 0 heterocycles. The Morgan fingerprint density at radius 1 is 0.871 bits per heavy atom. The van der Waals surface area contributed by atoms with E-state index in [-0.39, 0.29) is 12.8 Å². The van der Waals surface area contributed by atoms with Gasteiger partial charge in [-0.2, -0.15) is 11.8 Å². The van der Waals surface area contributed by atoms with Gasteiger partial charge in [-0.1, -0.05) is 0 Å². The highest BCUT2D eigenvalue weighted by Crippen LogP contribution is 2.02. The molecule has 4 atom stereocenters. The lowest BCUT2D eigenvalue weighted by Gasteiger charge is -2.23. The molecule has 5 amide bonds. The van der Waals surface area contributed by atoms with E-state index < -0.39 is 66.1 Å². The molecule has 176 valence electrons. The molecule has 0 aliphatic heterocycles. The van der Waals surface area contributed by atoms with Crippen LogP contribution in [0.1, 0.15) is 32.6 Å². The van der Waals surface area contributed by atoms with E-state index >= 15 is 0 Å². The average molecular weight is 463 g/mol. The predicted octanol–water partition coefficient (Wildman–Crippen LogP) is -3.23. The number of amides is 5. The predicted molar refractivity (Wildman–Crippen MR) is 112 cm³/mol. The Morgan fingerprint density at radius 2 is 1.45 bits per heavy atom. The van der Waals surface area contributed by atoms with Crippen molar-refractivity contribution in [1.29, 1.82) is 0 Å².